The lowest BCUT2D eigenvalue weighted by Gasteiger charge is -2.42. The van der Waals surface area contributed by atoms with E-state index >= 15 is 0 Å². The number of fused-ring (bicyclic) bond motifs is 3. The van der Waals surface area contributed by atoms with Gasteiger partial charge in [-0.2, -0.15) is 0 Å². The first-order chi connectivity index (χ1) is 13.0. The second kappa shape index (κ2) is 6.22. The van der Waals surface area contributed by atoms with Gasteiger partial charge in [0.1, 0.15) is 11.5 Å². The van der Waals surface area contributed by atoms with E-state index in [2.05, 4.69) is 50.2 Å². The molecule has 2 nitrogen and oxygen atoms in total. The Morgan fingerprint density at radius 3 is 2.56 bits per heavy atom. The van der Waals surface area contributed by atoms with Gasteiger partial charge in [-0.25, -0.2) is 0 Å². The van der Waals surface area contributed by atoms with Crippen molar-refractivity contribution >= 4 is 16.6 Å². The van der Waals surface area contributed by atoms with Gasteiger partial charge in [0.15, 0.2) is 5.78 Å². The molecule has 0 spiro atoms. The zero-order valence-corrected chi connectivity index (χ0v) is 16.4. The molecule has 0 bridgehead atoms. The van der Waals surface area contributed by atoms with Gasteiger partial charge in [0.25, 0.3) is 0 Å². The number of carbonyl (C=O) groups excluding carboxylic acids is 1. The number of rotatable bonds is 1. The maximum absolute atomic E-state index is 13.3. The summed E-state index contributed by atoms with van der Waals surface area (Å²) in [5, 5.41) is 2.50. The van der Waals surface area contributed by atoms with Gasteiger partial charge in [-0.15, -0.1) is 0 Å². The Labute approximate surface area is 161 Å². The lowest BCUT2D eigenvalue weighted by Crippen LogP contribution is -2.35. The first-order valence-electron chi connectivity index (χ1n) is 10.5. The van der Waals surface area contributed by atoms with Crippen LogP contribution in [0.15, 0.2) is 47.7 Å². The molecule has 0 saturated heterocycles. The Morgan fingerprint density at radius 2 is 1.74 bits per heavy atom. The van der Waals surface area contributed by atoms with Gasteiger partial charge in [0, 0.05) is 29.9 Å². The molecular formula is C25H28O2. The molecule has 27 heavy (non-hydrogen) atoms. The fourth-order valence-corrected chi connectivity index (χ4v) is 5.62. The summed E-state index contributed by atoms with van der Waals surface area (Å²) in [6.07, 6.45) is 7.84. The van der Waals surface area contributed by atoms with E-state index in [9.17, 15) is 4.79 Å². The molecule has 5 rings (SSSR count). The van der Waals surface area contributed by atoms with Crippen LogP contribution in [0.3, 0.4) is 0 Å². The molecule has 2 aromatic carbocycles. The maximum Gasteiger partial charge on any atom is 0.163 e. The molecule has 1 unspecified atom stereocenters. The second-order valence-corrected chi connectivity index (χ2v) is 9.45. The molecule has 0 N–H and O–H groups in total. The Hall–Kier alpha value is -2.09. The highest BCUT2D eigenvalue weighted by atomic mass is 16.5. The van der Waals surface area contributed by atoms with Gasteiger partial charge in [-0.3, -0.25) is 4.79 Å². The smallest absolute Gasteiger partial charge is 0.163 e. The van der Waals surface area contributed by atoms with E-state index < -0.39 is 0 Å². The number of carbonyl (C=O) groups is 1. The molecule has 1 heterocycles. The minimum Gasteiger partial charge on any atom is -0.461 e. The van der Waals surface area contributed by atoms with Crippen LogP contribution in [0.4, 0.5) is 0 Å². The van der Waals surface area contributed by atoms with Crippen molar-refractivity contribution in [3.63, 3.8) is 0 Å². The van der Waals surface area contributed by atoms with Crippen molar-refractivity contribution in [1.82, 2.24) is 0 Å². The van der Waals surface area contributed by atoms with Crippen LogP contribution in [0.25, 0.3) is 10.8 Å². The topological polar surface area (TPSA) is 26.3 Å². The molecule has 0 radical (unpaired) electrons. The second-order valence-electron chi connectivity index (χ2n) is 9.45. The lowest BCUT2D eigenvalue weighted by molar-refractivity contribution is -0.119. The van der Waals surface area contributed by atoms with Crippen molar-refractivity contribution in [3.8, 4) is 5.75 Å². The Bertz CT molecular complexity index is 944. The molecule has 1 aliphatic heterocycles. The summed E-state index contributed by atoms with van der Waals surface area (Å²) >= 11 is 0. The summed E-state index contributed by atoms with van der Waals surface area (Å²) in [5.74, 6) is 3.01. The van der Waals surface area contributed by atoms with Crippen LogP contribution in [-0.2, 0) is 4.79 Å². The molecule has 1 fully saturated rings. The van der Waals surface area contributed by atoms with Gasteiger partial charge in [0.05, 0.1) is 0 Å². The molecule has 3 aliphatic rings. The summed E-state index contributed by atoms with van der Waals surface area (Å²) in [7, 11) is 0. The van der Waals surface area contributed by atoms with E-state index in [1.165, 1.54) is 48.4 Å². The van der Waals surface area contributed by atoms with Gasteiger partial charge >= 0.3 is 0 Å². The number of allylic oxidation sites excluding steroid dienone is 2. The van der Waals surface area contributed by atoms with Crippen molar-refractivity contribution in [2.24, 2.45) is 11.3 Å². The van der Waals surface area contributed by atoms with Crippen molar-refractivity contribution in [2.45, 2.75) is 64.7 Å². The summed E-state index contributed by atoms with van der Waals surface area (Å²) in [4.78, 5) is 13.3. The van der Waals surface area contributed by atoms with E-state index in [1.54, 1.807) is 0 Å². The zero-order chi connectivity index (χ0) is 18.6. The van der Waals surface area contributed by atoms with Gasteiger partial charge < -0.3 is 4.74 Å². The normalized spacial score (nSPS) is 25.1. The van der Waals surface area contributed by atoms with Crippen LogP contribution in [0.1, 0.15) is 70.3 Å². The van der Waals surface area contributed by atoms with Crippen LogP contribution in [0, 0.1) is 11.3 Å². The zero-order valence-electron chi connectivity index (χ0n) is 16.4. The summed E-state index contributed by atoms with van der Waals surface area (Å²) in [6, 6.07) is 12.9. The molecule has 1 saturated carbocycles. The van der Waals surface area contributed by atoms with Gasteiger partial charge in [0.2, 0.25) is 0 Å². The van der Waals surface area contributed by atoms with E-state index in [4.69, 9.17) is 4.74 Å². The third-order valence-corrected chi connectivity index (χ3v) is 6.79. The van der Waals surface area contributed by atoms with Crippen molar-refractivity contribution in [1.29, 1.82) is 0 Å². The molecular weight excluding hydrogens is 332 g/mol. The third-order valence-electron chi connectivity index (χ3n) is 6.79. The number of hydrogen-bond donors (Lipinski definition) is 0. The predicted octanol–water partition coefficient (Wildman–Crippen LogP) is 6.54. The lowest BCUT2D eigenvalue weighted by atomic mass is 9.65. The van der Waals surface area contributed by atoms with E-state index in [0.29, 0.717) is 18.1 Å². The molecule has 2 aromatic rings. The van der Waals surface area contributed by atoms with Crippen molar-refractivity contribution in [3.05, 3.63) is 53.3 Å². The summed E-state index contributed by atoms with van der Waals surface area (Å²) in [6.45, 7) is 4.37. The SMILES string of the molecule is CC1(C)CC(=O)C2=C(C1)Oc1ccc3ccccc3c1C2C1CCCCC1. The first kappa shape index (κ1) is 17.0. The summed E-state index contributed by atoms with van der Waals surface area (Å²) in [5.41, 5.74) is 2.26. The van der Waals surface area contributed by atoms with Crippen LogP contribution in [0.2, 0.25) is 0 Å². The maximum atomic E-state index is 13.3. The predicted molar refractivity (Wildman–Crippen MR) is 109 cm³/mol. The minimum atomic E-state index is -0.0125. The average Bonchev–Trinajstić information content (AvgIpc) is 2.66. The molecule has 2 heteroatoms. The molecule has 0 aromatic heterocycles. The Balaban J connectivity index is 1.73. The highest BCUT2D eigenvalue weighted by Crippen LogP contribution is 2.54. The van der Waals surface area contributed by atoms with E-state index in [0.717, 1.165) is 23.5 Å². The highest BCUT2D eigenvalue weighted by Gasteiger charge is 2.44. The van der Waals surface area contributed by atoms with E-state index in [1.807, 2.05) is 0 Å². The number of Topliss-reactive ketones (excluding diaryl/α,β-unsaturated/α-hetero) is 1. The number of ether oxygens (including phenoxy) is 1. The number of ketones is 1. The molecule has 0 amide bonds. The monoisotopic (exact) mass is 360 g/mol. The Morgan fingerprint density at radius 1 is 0.963 bits per heavy atom. The van der Waals surface area contributed by atoms with Crippen LogP contribution < -0.4 is 4.74 Å². The van der Waals surface area contributed by atoms with Gasteiger partial charge in [-0.05, 0) is 41.0 Å². The highest BCUT2D eigenvalue weighted by molar-refractivity contribution is 6.01. The minimum absolute atomic E-state index is 0.0125. The third kappa shape index (κ3) is 2.81. The molecule has 2 aliphatic carbocycles. The summed E-state index contributed by atoms with van der Waals surface area (Å²) < 4.78 is 6.43. The van der Waals surface area contributed by atoms with Crippen molar-refractivity contribution in [2.75, 3.05) is 0 Å². The fraction of sp³-hybridized carbons (Fsp3) is 0.480. The number of hydrogen-bond acceptors (Lipinski definition) is 2. The van der Waals surface area contributed by atoms with E-state index in [-0.39, 0.29) is 11.3 Å². The number of benzene rings is 2. The fourth-order valence-electron chi connectivity index (χ4n) is 5.62. The largest absolute Gasteiger partial charge is 0.461 e. The average molecular weight is 360 g/mol. The quantitative estimate of drug-likeness (QED) is 0.577. The van der Waals surface area contributed by atoms with Crippen LogP contribution in [0.5, 0.6) is 5.75 Å². The first-order valence-corrected chi connectivity index (χ1v) is 10.5. The van der Waals surface area contributed by atoms with Crippen LogP contribution in [-0.4, -0.2) is 5.78 Å². The van der Waals surface area contributed by atoms with Crippen molar-refractivity contribution < 1.29 is 9.53 Å². The standard InChI is InChI=1S/C25H28O2/c1-25(2)14-19(26)24-21(15-25)27-20-13-12-16-8-6-7-11-18(16)23(20)22(24)17-9-4-3-5-10-17/h6-8,11-13,17,22H,3-5,9-10,14-15H2,1-2H3. The van der Waals surface area contributed by atoms with Gasteiger partial charge in [-0.1, -0.05) is 63.4 Å². The van der Waals surface area contributed by atoms with Crippen LogP contribution >= 0.6 is 0 Å². The Kier molecular flexibility index (Phi) is 3.93. The molecule has 140 valence electrons. The molecule has 1 atom stereocenters.